The average Bonchev–Trinajstić information content (AvgIpc) is 2.40. The summed E-state index contributed by atoms with van der Waals surface area (Å²) in [6.07, 6.45) is 0. The number of hydrogen-bond donors (Lipinski definition) is 0. The maximum Gasteiger partial charge on any atom is 0.316 e. The Morgan fingerprint density at radius 3 is 2.06 bits per heavy atom. The number of benzene rings is 1. The van der Waals surface area contributed by atoms with Crippen LogP contribution in [0.2, 0.25) is 0 Å². The second-order valence-electron chi connectivity index (χ2n) is 5.40. The quantitative estimate of drug-likeness (QED) is 0.551. The molecule has 0 fully saturated rings. The largest absolute Gasteiger partial charge is 0.714 e. The summed E-state index contributed by atoms with van der Waals surface area (Å²) in [7, 11) is 0. The molecular weight excluding hydrogens is 216 g/mol. The average molecular weight is 233 g/mol. The van der Waals surface area contributed by atoms with Gasteiger partial charge < -0.3 is 5.21 Å². The number of rotatable bonds is 1. The van der Waals surface area contributed by atoms with Gasteiger partial charge in [0, 0.05) is 5.21 Å². The highest BCUT2D eigenvalue weighted by Gasteiger charge is 2.59. The van der Waals surface area contributed by atoms with Gasteiger partial charge in [0.1, 0.15) is 5.54 Å². The molecule has 17 heavy (non-hydrogen) atoms. The summed E-state index contributed by atoms with van der Waals surface area (Å²) in [6.45, 7) is 7.17. The molecule has 0 aliphatic carbocycles. The number of hydroxylamine groups is 3. The Balaban J connectivity index is 2.59. The maximum absolute atomic E-state index is 12.3. The van der Waals surface area contributed by atoms with Crippen LogP contribution in [0.1, 0.15) is 33.3 Å². The van der Waals surface area contributed by atoms with Crippen LogP contribution in [0.4, 0.5) is 0 Å². The summed E-state index contributed by atoms with van der Waals surface area (Å²) < 4.78 is 0.829. The van der Waals surface area contributed by atoms with Gasteiger partial charge in [-0.05, 0) is 39.8 Å². The number of hydrogen-bond acceptors (Lipinski definition) is 2. The van der Waals surface area contributed by atoms with Gasteiger partial charge in [0.05, 0.1) is 5.56 Å². The minimum Gasteiger partial charge on any atom is -0.714 e. The van der Waals surface area contributed by atoms with Crippen molar-refractivity contribution in [3.8, 4) is 0 Å². The predicted octanol–water partition coefficient (Wildman–Crippen LogP) is 2.16. The summed E-state index contributed by atoms with van der Waals surface area (Å²) in [5.41, 5.74) is -0.837. The van der Waals surface area contributed by atoms with Crippen LogP contribution >= 0.6 is 0 Å². The maximum atomic E-state index is 12.3. The molecule has 1 heterocycles. The smallest absolute Gasteiger partial charge is 0.316 e. The van der Waals surface area contributed by atoms with Crippen molar-refractivity contribution in [2.24, 2.45) is 0 Å². The SMILES string of the molecule is CC1(C)N([O])C(c2ccccc2)=[N+]([O-])C1(C)C. The zero-order valence-corrected chi connectivity index (χ0v) is 10.6. The van der Waals surface area contributed by atoms with E-state index in [1.165, 1.54) is 0 Å². The fraction of sp³-hybridized carbons (Fsp3) is 0.462. The van der Waals surface area contributed by atoms with Crippen LogP contribution in [0.3, 0.4) is 0 Å². The molecule has 1 radical (unpaired) electrons. The number of nitrogens with zero attached hydrogens (tertiary/aromatic N) is 2. The molecule has 4 nitrogen and oxygen atoms in total. The first-order valence-corrected chi connectivity index (χ1v) is 5.67. The van der Waals surface area contributed by atoms with Crippen LogP contribution in [0.5, 0.6) is 0 Å². The van der Waals surface area contributed by atoms with Crippen LogP contribution in [0.25, 0.3) is 0 Å². The van der Waals surface area contributed by atoms with Gasteiger partial charge >= 0.3 is 5.84 Å². The molecular formula is C13H17N2O2. The van der Waals surface area contributed by atoms with Crippen LogP contribution in [0, 0.1) is 5.21 Å². The fourth-order valence-electron chi connectivity index (χ4n) is 1.93. The van der Waals surface area contributed by atoms with Crippen molar-refractivity contribution in [1.82, 2.24) is 5.06 Å². The van der Waals surface area contributed by atoms with Gasteiger partial charge in [0.25, 0.3) is 0 Å². The highest BCUT2D eigenvalue weighted by molar-refractivity contribution is 5.95. The molecule has 1 aliphatic heterocycles. The van der Waals surface area contributed by atoms with Gasteiger partial charge in [0.15, 0.2) is 5.54 Å². The highest BCUT2D eigenvalue weighted by atomic mass is 16.5. The first-order valence-electron chi connectivity index (χ1n) is 5.67. The molecule has 4 heteroatoms. The lowest BCUT2D eigenvalue weighted by Crippen LogP contribution is -2.53. The Morgan fingerprint density at radius 2 is 1.65 bits per heavy atom. The molecule has 0 saturated carbocycles. The van der Waals surface area contributed by atoms with Gasteiger partial charge in [-0.15, -0.1) is 0 Å². The molecule has 2 rings (SSSR count). The van der Waals surface area contributed by atoms with E-state index in [0.717, 1.165) is 9.80 Å². The van der Waals surface area contributed by atoms with Gasteiger partial charge in [0.2, 0.25) is 0 Å². The van der Waals surface area contributed by atoms with E-state index in [2.05, 4.69) is 0 Å². The lowest BCUT2D eigenvalue weighted by Gasteiger charge is -2.32. The van der Waals surface area contributed by atoms with Crippen molar-refractivity contribution in [1.29, 1.82) is 0 Å². The minimum atomic E-state index is -0.750. The standard InChI is InChI=1S/C13H17N2O2/c1-12(2)13(3,4)15(17)11(14(12)16)10-8-6-5-7-9-10/h5-9H,1-4H3. The zero-order valence-electron chi connectivity index (χ0n) is 10.6. The molecule has 0 aromatic heterocycles. The highest BCUT2D eigenvalue weighted by Crippen LogP contribution is 2.37. The van der Waals surface area contributed by atoms with E-state index in [-0.39, 0.29) is 5.84 Å². The number of amidine groups is 1. The van der Waals surface area contributed by atoms with E-state index in [0.29, 0.717) is 5.56 Å². The second-order valence-corrected chi connectivity index (χ2v) is 5.40. The molecule has 0 unspecified atom stereocenters. The summed E-state index contributed by atoms with van der Waals surface area (Å²) in [4.78, 5) is 0. The minimum absolute atomic E-state index is 0.195. The zero-order chi connectivity index (χ0) is 12.8. The van der Waals surface area contributed by atoms with Crippen LogP contribution in [-0.2, 0) is 5.21 Å². The third-order valence-electron chi connectivity index (χ3n) is 3.93. The Hall–Kier alpha value is -1.55. The molecule has 0 bridgehead atoms. The van der Waals surface area contributed by atoms with Crippen molar-refractivity contribution < 1.29 is 9.95 Å². The van der Waals surface area contributed by atoms with E-state index < -0.39 is 11.1 Å². The lowest BCUT2D eigenvalue weighted by atomic mass is 9.84. The van der Waals surface area contributed by atoms with Crippen molar-refractivity contribution in [2.75, 3.05) is 0 Å². The van der Waals surface area contributed by atoms with E-state index in [1.807, 2.05) is 18.2 Å². The van der Waals surface area contributed by atoms with Gasteiger partial charge in [-0.25, -0.2) is 0 Å². The molecule has 0 amide bonds. The fourth-order valence-corrected chi connectivity index (χ4v) is 1.93. The van der Waals surface area contributed by atoms with Crippen LogP contribution < -0.4 is 0 Å². The predicted molar refractivity (Wildman–Crippen MR) is 64.9 cm³/mol. The van der Waals surface area contributed by atoms with Gasteiger partial charge in [-0.3, -0.25) is 4.74 Å². The molecule has 1 aromatic carbocycles. The van der Waals surface area contributed by atoms with Crippen molar-refractivity contribution in [3.05, 3.63) is 41.1 Å². The molecule has 0 saturated heterocycles. The van der Waals surface area contributed by atoms with Crippen LogP contribution in [-0.4, -0.2) is 26.7 Å². The molecule has 91 valence electrons. The summed E-state index contributed by atoms with van der Waals surface area (Å²) in [5.74, 6) is 0.195. The topological polar surface area (TPSA) is 49.2 Å². The van der Waals surface area contributed by atoms with Gasteiger partial charge in [-0.1, -0.05) is 23.3 Å². The summed E-state index contributed by atoms with van der Waals surface area (Å²) in [6, 6.07) is 9.06. The van der Waals surface area contributed by atoms with Crippen molar-refractivity contribution >= 4 is 5.84 Å². The third kappa shape index (κ3) is 1.44. The molecule has 1 aromatic rings. The van der Waals surface area contributed by atoms with E-state index in [9.17, 15) is 10.4 Å². The van der Waals surface area contributed by atoms with E-state index in [1.54, 1.807) is 39.8 Å². The molecule has 0 spiro atoms. The van der Waals surface area contributed by atoms with Crippen molar-refractivity contribution in [2.45, 2.75) is 38.8 Å². The Labute approximate surface area is 101 Å². The Bertz CT molecular complexity index is 464. The summed E-state index contributed by atoms with van der Waals surface area (Å²) >= 11 is 0. The van der Waals surface area contributed by atoms with Gasteiger partial charge in [-0.2, -0.15) is 0 Å². The molecule has 0 atom stereocenters. The monoisotopic (exact) mass is 233 g/mol. The summed E-state index contributed by atoms with van der Waals surface area (Å²) in [5, 5.41) is 25.4. The van der Waals surface area contributed by atoms with Crippen molar-refractivity contribution in [3.63, 3.8) is 0 Å². The normalized spacial score (nSPS) is 22.1. The van der Waals surface area contributed by atoms with E-state index >= 15 is 0 Å². The Morgan fingerprint density at radius 1 is 1.12 bits per heavy atom. The first kappa shape index (κ1) is 11.9. The second kappa shape index (κ2) is 3.47. The Kier molecular flexibility index (Phi) is 2.43. The first-order chi connectivity index (χ1) is 7.80. The molecule has 1 aliphatic rings. The van der Waals surface area contributed by atoms with E-state index in [4.69, 9.17) is 0 Å². The van der Waals surface area contributed by atoms with Crippen LogP contribution in [0.15, 0.2) is 30.3 Å². The molecule has 0 N–H and O–H groups in total. The lowest BCUT2D eigenvalue weighted by molar-refractivity contribution is -0.539. The third-order valence-corrected chi connectivity index (χ3v) is 3.93.